The molecule has 0 heterocycles. The molecule has 20 heavy (non-hydrogen) atoms. The summed E-state index contributed by atoms with van der Waals surface area (Å²) in [6.07, 6.45) is 0. The van der Waals surface area contributed by atoms with E-state index in [1.54, 1.807) is 6.07 Å². The van der Waals surface area contributed by atoms with Gasteiger partial charge in [-0.25, -0.2) is 4.39 Å². The second-order valence-electron chi connectivity index (χ2n) is 4.56. The second-order valence-corrected chi connectivity index (χ2v) is 5.47. The van der Waals surface area contributed by atoms with Crippen LogP contribution in [0.15, 0.2) is 40.9 Å². The molecular weight excluding hydrogens is 321 g/mol. The molecule has 0 radical (unpaired) electrons. The molecule has 0 fully saturated rings. The zero-order valence-corrected chi connectivity index (χ0v) is 13.1. The number of hydrogen-bond acceptors (Lipinski definition) is 2. The van der Waals surface area contributed by atoms with E-state index in [-0.39, 0.29) is 11.6 Å². The normalized spacial score (nSPS) is 10.6. The van der Waals surface area contributed by atoms with E-state index in [1.807, 2.05) is 38.1 Å². The Morgan fingerprint density at radius 2 is 1.90 bits per heavy atom. The fraction of sp³-hybridized carbons (Fsp3) is 0.250. The molecule has 2 aromatic carbocycles. The van der Waals surface area contributed by atoms with Crippen molar-refractivity contribution < 1.29 is 9.13 Å². The summed E-state index contributed by atoms with van der Waals surface area (Å²) in [6, 6.07) is 10.7. The maximum absolute atomic E-state index is 14.0. The Morgan fingerprint density at radius 3 is 2.55 bits per heavy atom. The third-order valence-corrected chi connectivity index (χ3v) is 3.43. The second kappa shape index (κ2) is 6.86. The lowest BCUT2D eigenvalue weighted by molar-refractivity contribution is 0.438. The lowest BCUT2D eigenvalue weighted by Gasteiger charge is -2.11. The molecule has 0 saturated carbocycles. The Bertz CT molecular complexity index is 601. The summed E-state index contributed by atoms with van der Waals surface area (Å²) < 4.78 is 20.6. The fourth-order valence-corrected chi connectivity index (χ4v) is 2.33. The maximum Gasteiger partial charge on any atom is 0.166 e. The number of rotatable bonds is 5. The zero-order chi connectivity index (χ0) is 14.5. The molecule has 2 nitrogen and oxygen atoms in total. The van der Waals surface area contributed by atoms with Crippen molar-refractivity contribution in [2.45, 2.75) is 20.4 Å². The van der Waals surface area contributed by atoms with Crippen molar-refractivity contribution in [3.05, 3.63) is 57.8 Å². The van der Waals surface area contributed by atoms with E-state index in [1.165, 1.54) is 6.07 Å². The Labute approximate surface area is 127 Å². The number of hydrogen-bond donors (Lipinski definition) is 1. The first kappa shape index (κ1) is 15.0. The first-order valence-corrected chi connectivity index (χ1v) is 7.32. The fourth-order valence-electron chi connectivity index (χ4n) is 1.85. The number of ether oxygens (including phenoxy) is 1. The van der Waals surface area contributed by atoms with Gasteiger partial charge in [0, 0.05) is 11.0 Å². The largest absolute Gasteiger partial charge is 0.454 e. The van der Waals surface area contributed by atoms with Gasteiger partial charge in [-0.3, -0.25) is 0 Å². The maximum atomic E-state index is 14.0. The molecule has 0 bridgehead atoms. The van der Waals surface area contributed by atoms with Crippen LogP contribution in [0, 0.1) is 12.7 Å². The number of benzene rings is 2. The van der Waals surface area contributed by atoms with Gasteiger partial charge in [-0.05, 0) is 54.9 Å². The van der Waals surface area contributed by atoms with Gasteiger partial charge in [0.05, 0.1) is 0 Å². The molecule has 0 amide bonds. The molecule has 0 aliphatic carbocycles. The average molecular weight is 338 g/mol. The predicted molar refractivity (Wildman–Crippen MR) is 82.7 cm³/mol. The van der Waals surface area contributed by atoms with Crippen molar-refractivity contribution in [2.24, 2.45) is 0 Å². The molecular formula is C16H17BrFNO. The third kappa shape index (κ3) is 3.81. The summed E-state index contributed by atoms with van der Waals surface area (Å²) in [4.78, 5) is 0. The van der Waals surface area contributed by atoms with Crippen LogP contribution in [0.2, 0.25) is 0 Å². The summed E-state index contributed by atoms with van der Waals surface area (Å²) >= 11 is 3.39. The van der Waals surface area contributed by atoms with E-state index in [0.29, 0.717) is 12.3 Å². The minimum absolute atomic E-state index is 0.246. The van der Waals surface area contributed by atoms with Crippen molar-refractivity contribution in [3.8, 4) is 11.5 Å². The summed E-state index contributed by atoms with van der Waals surface area (Å²) in [5.74, 6) is 0.560. The summed E-state index contributed by atoms with van der Waals surface area (Å²) in [6.45, 7) is 5.46. The van der Waals surface area contributed by atoms with E-state index in [4.69, 9.17) is 4.74 Å². The first-order chi connectivity index (χ1) is 9.60. The van der Waals surface area contributed by atoms with Crippen molar-refractivity contribution in [3.63, 3.8) is 0 Å². The number of nitrogens with one attached hydrogen (secondary N) is 1. The van der Waals surface area contributed by atoms with Crippen LogP contribution in [0.5, 0.6) is 11.5 Å². The molecule has 2 aromatic rings. The number of halogens is 2. The van der Waals surface area contributed by atoms with Crippen LogP contribution >= 0.6 is 15.9 Å². The minimum atomic E-state index is -0.345. The van der Waals surface area contributed by atoms with Gasteiger partial charge in [-0.2, -0.15) is 0 Å². The van der Waals surface area contributed by atoms with E-state index in [9.17, 15) is 4.39 Å². The van der Waals surface area contributed by atoms with Crippen molar-refractivity contribution in [1.29, 1.82) is 0 Å². The van der Waals surface area contributed by atoms with E-state index < -0.39 is 0 Å². The Morgan fingerprint density at radius 1 is 1.15 bits per heavy atom. The highest BCUT2D eigenvalue weighted by Gasteiger charge is 2.08. The standard InChI is InChI=1S/C16H17BrFNO/c1-3-19-10-12-4-6-16(14(18)9-12)20-15-7-5-13(17)8-11(15)2/h4-9,19H,3,10H2,1-2H3. The van der Waals surface area contributed by atoms with Crippen molar-refractivity contribution in [2.75, 3.05) is 6.54 Å². The van der Waals surface area contributed by atoms with Gasteiger partial charge in [0.1, 0.15) is 5.75 Å². The lowest BCUT2D eigenvalue weighted by atomic mass is 10.2. The highest BCUT2D eigenvalue weighted by Crippen LogP contribution is 2.29. The third-order valence-electron chi connectivity index (χ3n) is 2.93. The van der Waals surface area contributed by atoms with E-state index in [0.717, 1.165) is 22.1 Å². The summed E-state index contributed by atoms with van der Waals surface area (Å²) in [7, 11) is 0. The molecule has 0 unspecified atom stereocenters. The van der Waals surface area contributed by atoms with Crippen LogP contribution in [0.4, 0.5) is 4.39 Å². The monoisotopic (exact) mass is 337 g/mol. The predicted octanol–water partition coefficient (Wildman–Crippen LogP) is 4.80. The van der Waals surface area contributed by atoms with E-state index in [2.05, 4.69) is 21.2 Å². The van der Waals surface area contributed by atoms with Crippen LogP contribution in [0.1, 0.15) is 18.1 Å². The highest BCUT2D eigenvalue weighted by atomic mass is 79.9. The molecule has 0 spiro atoms. The molecule has 0 atom stereocenters. The van der Waals surface area contributed by atoms with Crippen LogP contribution in [0.3, 0.4) is 0 Å². The molecule has 0 aliphatic rings. The van der Waals surface area contributed by atoms with E-state index >= 15 is 0 Å². The molecule has 0 aliphatic heterocycles. The van der Waals surface area contributed by atoms with Gasteiger partial charge in [-0.15, -0.1) is 0 Å². The van der Waals surface area contributed by atoms with Crippen molar-refractivity contribution in [1.82, 2.24) is 5.32 Å². The SMILES string of the molecule is CCNCc1ccc(Oc2ccc(Br)cc2C)c(F)c1. The average Bonchev–Trinajstić information content (AvgIpc) is 2.42. The quantitative estimate of drug-likeness (QED) is 0.846. The molecule has 2 rings (SSSR count). The van der Waals surface area contributed by atoms with Gasteiger partial charge in [0.15, 0.2) is 11.6 Å². The highest BCUT2D eigenvalue weighted by molar-refractivity contribution is 9.10. The molecule has 4 heteroatoms. The van der Waals surface area contributed by atoms with Crippen molar-refractivity contribution >= 4 is 15.9 Å². The van der Waals surface area contributed by atoms with Crippen LogP contribution in [-0.4, -0.2) is 6.54 Å². The van der Waals surface area contributed by atoms with Gasteiger partial charge in [-0.1, -0.05) is 28.9 Å². The number of aryl methyl sites for hydroxylation is 1. The first-order valence-electron chi connectivity index (χ1n) is 6.53. The van der Waals surface area contributed by atoms with Gasteiger partial charge in [0.2, 0.25) is 0 Å². The van der Waals surface area contributed by atoms with Gasteiger partial charge in [0.25, 0.3) is 0 Å². The Kier molecular flexibility index (Phi) is 5.15. The topological polar surface area (TPSA) is 21.3 Å². The van der Waals surface area contributed by atoms with Gasteiger partial charge < -0.3 is 10.1 Å². The Hall–Kier alpha value is -1.39. The van der Waals surface area contributed by atoms with Crippen LogP contribution < -0.4 is 10.1 Å². The lowest BCUT2D eigenvalue weighted by Crippen LogP contribution is -2.11. The molecule has 1 N–H and O–H groups in total. The van der Waals surface area contributed by atoms with Crippen LogP contribution in [0.25, 0.3) is 0 Å². The molecule has 106 valence electrons. The van der Waals surface area contributed by atoms with Crippen LogP contribution in [-0.2, 0) is 6.54 Å². The summed E-state index contributed by atoms with van der Waals surface area (Å²) in [5.41, 5.74) is 1.86. The van der Waals surface area contributed by atoms with Gasteiger partial charge >= 0.3 is 0 Å². The molecule has 0 aromatic heterocycles. The Balaban J connectivity index is 2.17. The smallest absolute Gasteiger partial charge is 0.166 e. The molecule has 0 saturated heterocycles. The minimum Gasteiger partial charge on any atom is -0.454 e. The zero-order valence-electron chi connectivity index (χ0n) is 11.5. The summed E-state index contributed by atoms with van der Waals surface area (Å²) in [5, 5.41) is 3.16.